The normalized spacial score (nSPS) is 16.6. The van der Waals surface area contributed by atoms with E-state index in [0.717, 1.165) is 47.6 Å². The number of nitrogens with one attached hydrogen (secondary N) is 3. The number of carbonyl (C=O) groups is 1. The number of benzene rings is 1. The Balaban J connectivity index is 2.02. The maximum Gasteiger partial charge on any atom is 0.249 e. The van der Waals surface area contributed by atoms with E-state index in [1.54, 1.807) is 0 Å². The number of aliphatic hydroxyl groups excluding tert-OH is 1. The van der Waals surface area contributed by atoms with Crippen molar-refractivity contribution >= 4 is 11.7 Å². The van der Waals surface area contributed by atoms with Gasteiger partial charge in [-0.25, -0.2) is 9.07 Å². The summed E-state index contributed by atoms with van der Waals surface area (Å²) < 4.78 is 16.8. The molecule has 36 heavy (non-hydrogen) atoms. The fourth-order valence-electron chi connectivity index (χ4n) is 3.97. The van der Waals surface area contributed by atoms with Gasteiger partial charge in [0.05, 0.1) is 23.7 Å². The van der Waals surface area contributed by atoms with Crippen molar-refractivity contribution in [3.8, 4) is 5.69 Å². The van der Waals surface area contributed by atoms with Crippen molar-refractivity contribution in [1.82, 2.24) is 20.4 Å². The molecule has 0 bridgehead atoms. The summed E-state index contributed by atoms with van der Waals surface area (Å²) in [5.74, 6) is -0.150. The van der Waals surface area contributed by atoms with E-state index in [4.69, 9.17) is 5.10 Å². The number of halogens is 1. The first kappa shape index (κ1) is 27.4. The van der Waals surface area contributed by atoms with Crippen molar-refractivity contribution in [3.63, 3.8) is 0 Å². The van der Waals surface area contributed by atoms with Crippen LogP contribution in [-0.4, -0.2) is 46.2 Å². The fraction of sp³-hybridized carbons (Fsp3) is 0.429. The van der Waals surface area contributed by atoms with E-state index in [1.165, 1.54) is 20.0 Å². The molecule has 0 saturated heterocycles. The number of hydrogen-bond donors (Lipinski definition) is 4. The molecule has 3 rings (SSSR count). The number of aromatic nitrogens is 2. The lowest BCUT2D eigenvalue weighted by Crippen LogP contribution is -2.46. The highest BCUT2D eigenvalue weighted by molar-refractivity contribution is 5.93. The summed E-state index contributed by atoms with van der Waals surface area (Å²) in [6.07, 6.45) is 8.35. The van der Waals surface area contributed by atoms with Crippen molar-refractivity contribution in [2.45, 2.75) is 65.1 Å². The van der Waals surface area contributed by atoms with Crippen LogP contribution in [0, 0.1) is 6.92 Å². The van der Waals surface area contributed by atoms with Gasteiger partial charge in [-0.15, -0.1) is 0 Å². The van der Waals surface area contributed by atoms with Gasteiger partial charge in [-0.2, -0.15) is 5.10 Å². The largest absolute Gasteiger partial charge is 0.395 e. The van der Waals surface area contributed by atoms with Crippen LogP contribution in [0.1, 0.15) is 51.3 Å². The van der Waals surface area contributed by atoms with Crippen molar-refractivity contribution in [1.29, 1.82) is 0 Å². The number of nitrogens with zero attached hydrogens (tertiary/aromatic N) is 2. The van der Waals surface area contributed by atoms with E-state index < -0.39 is 11.7 Å². The van der Waals surface area contributed by atoms with Crippen LogP contribution in [0.2, 0.25) is 0 Å². The molecule has 1 heterocycles. The first-order valence-corrected chi connectivity index (χ1v) is 12.5. The van der Waals surface area contributed by atoms with Crippen LogP contribution in [0.15, 0.2) is 65.5 Å². The minimum atomic E-state index is -0.567. The third kappa shape index (κ3) is 6.71. The summed E-state index contributed by atoms with van der Waals surface area (Å²) in [6.45, 7) is 7.51. The molecule has 7 nitrogen and oxygen atoms in total. The zero-order valence-electron chi connectivity index (χ0n) is 21.9. The van der Waals surface area contributed by atoms with E-state index in [2.05, 4.69) is 16.0 Å². The van der Waals surface area contributed by atoms with Gasteiger partial charge in [-0.1, -0.05) is 37.3 Å². The molecule has 2 aromatic rings. The Bertz CT molecular complexity index is 1150. The Hall–Kier alpha value is -3.23. The number of carbonyl (C=O) groups excluding carboxylic acids is 1. The molecule has 0 radical (unpaired) electrons. The Morgan fingerprint density at radius 1 is 1.31 bits per heavy atom. The second-order valence-corrected chi connectivity index (χ2v) is 9.36. The highest BCUT2D eigenvalue weighted by atomic mass is 19.1. The number of hydrogen-bond acceptors (Lipinski definition) is 5. The van der Waals surface area contributed by atoms with Gasteiger partial charge in [0.2, 0.25) is 5.91 Å². The number of likely N-dealkylation sites (N-methyl/N-ethyl adjacent to an activating group) is 1. The van der Waals surface area contributed by atoms with Gasteiger partial charge >= 0.3 is 0 Å². The number of rotatable bonds is 12. The highest BCUT2D eigenvalue weighted by Gasteiger charge is 2.44. The van der Waals surface area contributed by atoms with Gasteiger partial charge in [0.15, 0.2) is 0 Å². The highest BCUT2D eigenvalue weighted by Crippen LogP contribution is 2.39. The van der Waals surface area contributed by atoms with Gasteiger partial charge in [-0.05, 0) is 63.8 Å². The summed E-state index contributed by atoms with van der Waals surface area (Å²) in [7, 11) is 1.48. The van der Waals surface area contributed by atoms with E-state index in [9.17, 15) is 14.3 Å². The van der Waals surface area contributed by atoms with Crippen molar-refractivity contribution in [2.24, 2.45) is 0 Å². The lowest BCUT2D eigenvalue weighted by atomic mass is 10.0. The molecule has 1 saturated carbocycles. The molecular weight excluding hydrogens is 457 g/mol. The quantitative estimate of drug-likeness (QED) is 0.198. The van der Waals surface area contributed by atoms with E-state index in [-0.39, 0.29) is 23.9 Å². The lowest BCUT2D eigenvalue weighted by Gasteiger charge is -2.25. The van der Waals surface area contributed by atoms with Gasteiger partial charge < -0.3 is 15.7 Å². The summed E-state index contributed by atoms with van der Waals surface area (Å²) in [5, 5.41) is 24.1. The average molecular weight is 496 g/mol. The second-order valence-electron chi connectivity index (χ2n) is 9.36. The third-order valence-electron chi connectivity index (χ3n) is 6.30. The van der Waals surface area contributed by atoms with Crippen LogP contribution in [-0.2, 0) is 11.2 Å². The second kappa shape index (κ2) is 12.1. The molecule has 194 valence electrons. The summed E-state index contributed by atoms with van der Waals surface area (Å²) in [4.78, 5) is 11.9. The van der Waals surface area contributed by atoms with Crippen LogP contribution >= 0.6 is 0 Å². The summed E-state index contributed by atoms with van der Waals surface area (Å²) in [5.41, 5.74) is 3.15. The van der Waals surface area contributed by atoms with E-state index >= 15 is 0 Å². The number of anilines is 1. The molecule has 0 unspecified atom stereocenters. The molecule has 1 aliphatic carbocycles. The number of para-hydroxylation sites is 1. The Kier molecular flexibility index (Phi) is 9.23. The molecule has 0 aliphatic heterocycles. The van der Waals surface area contributed by atoms with Crippen molar-refractivity contribution < 1.29 is 14.3 Å². The molecule has 1 atom stereocenters. The lowest BCUT2D eigenvalue weighted by molar-refractivity contribution is -0.117. The maximum absolute atomic E-state index is 14.9. The van der Waals surface area contributed by atoms with Crippen LogP contribution in [0.25, 0.3) is 5.69 Å². The minimum Gasteiger partial charge on any atom is -0.395 e. The molecule has 4 N–H and O–H groups in total. The number of amides is 1. The predicted molar refractivity (Wildman–Crippen MR) is 143 cm³/mol. The molecule has 1 aliphatic rings. The molecule has 1 fully saturated rings. The van der Waals surface area contributed by atoms with Crippen molar-refractivity contribution in [3.05, 3.63) is 76.8 Å². The SMILES string of the molecule is CC\C=C/C(=C\C(F)=C(/C)C(=O)NC)Cc1nn(-c2ccccc2)c(NC2(N[C@H](C)CO)CC2)c1C. The first-order valence-electron chi connectivity index (χ1n) is 12.5. The van der Waals surface area contributed by atoms with Crippen LogP contribution < -0.4 is 16.0 Å². The van der Waals surface area contributed by atoms with Crippen LogP contribution in [0.3, 0.4) is 0 Å². The molecular formula is C28H38FN5O2. The zero-order valence-corrected chi connectivity index (χ0v) is 21.9. The van der Waals surface area contributed by atoms with Gasteiger partial charge in [0.1, 0.15) is 11.6 Å². The predicted octanol–water partition coefficient (Wildman–Crippen LogP) is 4.48. The Morgan fingerprint density at radius 2 is 2.00 bits per heavy atom. The fourth-order valence-corrected chi connectivity index (χ4v) is 3.97. The summed E-state index contributed by atoms with van der Waals surface area (Å²) >= 11 is 0. The molecule has 8 heteroatoms. The number of allylic oxidation sites excluding steroid dienone is 5. The van der Waals surface area contributed by atoms with E-state index in [1.807, 2.05) is 67.9 Å². The molecule has 1 aromatic carbocycles. The average Bonchev–Trinajstić information content (AvgIpc) is 3.58. The van der Waals surface area contributed by atoms with Crippen LogP contribution in [0.5, 0.6) is 0 Å². The standard InChI is InChI=1S/C28H38FN5O2/c1-6-7-11-22(16-24(29)20(3)27(36)30-5)17-25-21(4)26(32-28(14-15-28)31-19(2)18-35)34(33-25)23-12-9-8-10-13-23/h7-13,16,19,31-32,35H,6,14-15,17-18H2,1-5H3,(H,30,36)/b11-7-,22-16+,24-20-/t19-/m1/s1. The summed E-state index contributed by atoms with van der Waals surface area (Å²) in [6, 6.07) is 9.83. The minimum absolute atomic E-state index is 0.0357. The first-order chi connectivity index (χ1) is 17.2. The Labute approximate surface area is 213 Å². The zero-order chi connectivity index (χ0) is 26.3. The van der Waals surface area contributed by atoms with Crippen LogP contribution in [0.4, 0.5) is 10.2 Å². The molecule has 1 amide bonds. The molecule has 0 spiro atoms. The van der Waals surface area contributed by atoms with Crippen molar-refractivity contribution in [2.75, 3.05) is 19.0 Å². The topological polar surface area (TPSA) is 91.2 Å². The van der Waals surface area contributed by atoms with Gasteiger partial charge in [0.25, 0.3) is 0 Å². The maximum atomic E-state index is 14.9. The van der Waals surface area contributed by atoms with E-state index in [0.29, 0.717) is 6.42 Å². The molecule has 1 aromatic heterocycles. The monoisotopic (exact) mass is 495 g/mol. The van der Waals surface area contributed by atoms with Gasteiger partial charge in [-0.3, -0.25) is 10.1 Å². The Morgan fingerprint density at radius 3 is 2.58 bits per heavy atom. The smallest absolute Gasteiger partial charge is 0.249 e. The third-order valence-corrected chi connectivity index (χ3v) is 6.30. The van der Waals surface area contributed by atoms with Gasteiger partial charge in [0, 0.05) is 30.6 Å². The number of aliphatic hydroxyl groups is 1.